The van der Waals surface area contributed by atoms with Gasteiger partial charge in [0.05, 0.1) is 26.8 Å². The smallest absolute Gasteiger partial charge is 0.228 e. The molecule has 108 valence electrons. The van der Waals surface area contributed by atoms with Crippen LogP contribution in [0.1, 0.15) is 20.3 Å². The fourth-order valence-electron chi connectivity index (χ4n) is 2.13. The average Bonchev–Trinajstić information content (AvgIpc) is 2.87. The molecule has 0 radical (unpaired) electrons. The van der Waals surface area contributed by atoms with Crippen LogP contribution in [0.25, 0.3) is 10.2 Å². The Bertz CT molecular complexity index is 611. The molecule has 4 nitrogen and oxygen atoms in total. The molecular formula is C14H18ClN3OS. The van der Waals surface area contributed by atoms with Crippen molar-refractivity contribution in [2.45, 2.75) is 20.3 Å². The Morgan fingerprint density at radius 3 is 2.90 bits per heavy atom. The van der Waals surface area contributed by atoms with Crippen LogP contribution in [0.15, 0.2) is 17.6 Å². The molecule has 3 N–H and O–H groups in total. The lowest BCUT2D eigenvalue weighted by molar-refractivity contribution is -0.120. The van der Waals surface area contributed by atoms with Gasteiger partial charge in [-0.25, -0.2) is 4.98 Å². The van der Waals surface area contributed by atoms with Crippen molar-refractivity contribution >= 4 is 44.7 Å². The molecule has 1 aromatic carbocycles. The SMILES string of the molecule is CC(C)CC(CN)C(=O)Nc1c(Cl)ccc2scnc12. The molecule has 0 aliphatic rings. The minimum Gasteiger partial charge on any atom is -0.330 e. The number of fused-ring (bicyclic) bond motifs is 1. The van der Waals surface area contributed by atoms with E-state index in [9.17, 15) is 4.79 Å². The van der Waals surface area contributed by atoms with E-state index in [1.54, 1.807) is 11.6 Å². The van der Waals surface area contributed by atoms with E-state index >= 15 is 0 Å². The van der Waals surface area contributed by atoms with E-state index in [1.807, 2.05) is 6.07 Å². The van der Waals surface area contributed by atoms with Gasteiger partial charge in [-0.15, -0.1) is 11.3 Å². The van der Waals surface area contributed by atoms with E-state index in [2.05, 4.69) is 24.1 Å². The van der Waals surface area contributed by atoms with Crippen molar-refractivity contribution in [3.8, 4) is 0 Å². The van der Waals surface area contributed by atoms with Gasteiger partial charge in [-0.2, -0.15) is 0 Å². The summed E-state index contributed by atoms with van der Waals surface area (Å²) < 4.78 is 0.998. The molecule has 0 saturated carbocycles. The fraction of sp³-hybridized carbons (Fsp3) is 0.429. The van der Waals surface area contributed by atoms with Gasteiger partial charge in [0.2, 0.25) is 5.91 Å². The van der Waals surface area contributed by atoms with Crippen LogP contribution in [0.2, 0.25) is 5.02 Å². The summed E-state index contributed by atoms with van der Waals surface area (Å²) in [6, 6.07) is 3.68. The molecule has 1 unspecified atom stereocenters. The Morgan fingerprint density at radius 2 is 2.25 bits per heavy atom. The number of hydrogen-bond acceptors (Lipinski definition) is 4. The molecule has 0 spiro atoms. The monoisotopic (exact) mass is 311 g/mol. The number of carbonyl (C=O) groups is 1. The zero-order valence-corrected chi connectivity index (χ0v) is 13.1. The molecule has 6 heteroatoms. The van der Waals surface area contributed by atoms with E-state index in [-0.39, 0.29) is 11.8 Å². The van der Waals surface area contributed by atoms with E-state index in [4.69, 9.17) is 17.3 Å². The maximum atomic E-state index is 12.3. The summed E-state index contributed by atoms with van der Waals surface area (Å²) in [7, 11) is 0. The first-order valence-corrected chi connectivity index (χ1v) is 7.81. The second-order valence-corrected chi connectivity index (χ2v) is 6.47. The number of rotatable bonds is 5. The number of hydrogen-bond donors (Lipinski definition) is 2. The van der Waals surface area contributed by atoms with Gasteiger partial charge < -0.3 is 11.1 Å². The van der Waals surface area contributed by atoms with Crippen molar-refractivity contribution in [1.29, 1.82) is 0 Å². The molecule has 2 aromatic rings. The second-order valence-electron chi connectivity index (χ2n) is 5.17. The lowest BCUT2D eigenvalue weighted by Crippen LogP contribution is -2.30. The number of benzene rings is 1. The maximum absolute atomic E-state index is 12.3. The maximum Gasteiger partial charge on any atom is 0.228 e. The first-order chi connectivity index (χ1) is 9.52. The first-order valence-electron chi connectivity index (χ1n) is 6.55. The highest BCUT2D eigenvalue weighted by molar-refractivity contribution is 7.16. The van der Waals surface area contributed by atoms with Gasteiger partial charge in [0.15, 0.2) is 0 Å². The summed E-state index contributed by atoms with van der Waals surface area (Å²) in [5.74, 6) is 0.114. The standard InChI is InChI=1S/C14H18ClN3OS/c1-8(2)5-9(6-16)14(19)18-12-10(15)3-4-11-13(12)17-7-20-11/h3-4,7-9H,5-6,16H2,1-2H3,(H,18,19). The lowest BCUT2D eigenvalue weighted by Gasteiger charge is -2.17. The molecule has 0 saturated heterocycles. The van der Waals surface area contributed by atoms with Gasteiger partial charge >= 0.3 is 0 Å². The molecule has 1 heterocycles. The molecule has 2 rings (SSSR count). The Kier molecular flexibility index (Phi) is 4.96. The molecule has 0 fully saturated rings. The molecule has 20 heavy (non-hydrogen) atoms. The number of nitrogens with two attached hydrogens (primary N) is 1. The van der Waals surface area contributed by atoms with Crippen LogP contribution in [-0.4, -0.2) is 17.4 Å². The summed E-state index contributed by atoms with van der Waals surface area (Å²) in [5.41, 5.74) is 8.75. The second kappa shape index (κ2) is 6.52. The molecule has 0 aliphatic heterocycles. The fourth-order valence-corrected chi connectivity index (χ4v) is 3.01. The number of aromatic nitrogens is 1. The highest BCUT2D eigenvalue weighted by Gasteiger charge is 2.20. The Hall–Kier alpha value is -1.17. The quantitative estimate of drug-likeness (QED) is 0.888. The largest absolute Gasteiger partial charge is 0.330 e. The molecule has 1 aromatic heterocycles. The highest BCUT2D eigenvalue weighted by atomic mass is 35.5. The van der Waals surface area contributed by atoms with Crippen molar-refractivity contribution in [3.05, 3.63) is 22.7 Å². The van der Waals surface area contributed by atoms with Crippen LogP contribution in [0.4, 0.5) is 5.69 Å². The topological polar surface area (TPSA) is 68.0 Å². The van der Waals surface area contributed by atoms with Crippen molar-refractivity contribution in [2.75, 3.05) is 11.9 Å². The van der Waals surface area contributed by atoms with Crippen LogP contribution in [0.5, 0.6) is 0 Å². The third kappa shape index (κ3) is 3.29. The zero-order valence-electron chi connectivity index (χ0n) is 11.5. The van der Waals surface area contributed by atoms with Gasteiger partial charge in [-0.05, 0) is 24.5 Å². The van der Waals surface area contributed by atoms with E-state index in [1.165, 1.54) is 11.3 Å². The average molecular weight is 312 g/mol. The number of thiazole rings is 1. The summed E-state index contributed by atoms with van der Waals surface area (Å²) in [4.78, 5) is 16.6. The normalized spacial score (nSPS) is 12.8. The van der Waals surface area contributed by atoms with Gasteiger partial charge in [0, 0.05) is 6.54 Å². The van der Waals surface area contributed by atoms with Crippen LogP contribution in [0.3, 0.4) is 0 Å². The van der Waals surface area contributed by atoms with Crippen LogP contribution >= 0.6 is 22.9 Å². The summed E-state index contributed by atoms with van der Waals surface area (Å²) in [6.45, 7) is 4.48. The Morgan fingerprint density at radius 1 is 1.50 bits per heavy atom. The first kappa shape index (κ1) is 15.2. The summed E-state index contributed by atoms with van der Waals surface area (Å²) in [6.07, 6.45) is 0.757. The van der Waals surface area contributed by atoms with Gasteiger partial charge in [-0.1, -0.05) is 25.4 Å². The number of carbonyl (C=O) groups excluding carboxylic acids is 1. The molecule has 1 atom stereocenters. The highest BCUT2D eigenvalue weighted by Crippen LogP contribution is 2.32. The van der Waals surface area contributed by atoms with Gasteiger partial charge in [0.1, 0.15) is 5.52 Å². The van der Waals surface area contributed by atoms with Gasteiger partial charge in [-0.3, -0.25) is 4.79 Å². The third-order valence-corrected chi connectivity index (χ3v) is 4.22. The van der Waals surface area contributed by atoms with E-state index < -0.39 is 0 Å². The zero-order chi connectivity index (χ0) is 14.7. The molecule has 0 bridgehead atoms. The van der Waals surface area contributed by atoms with Crippen molar-refractivity contribution in [3.63, 3.8) is 0 Å². The number of nitrogens with zero attached hydrogens (tertiary/aromatic N) is 1. The van der Waals surface area contributed by atoms with Crippen molar-refractivity contribution < 1.29 is 4.79 Å². The molecule has 1 amide bonds. The number of amides is 1. The van der Waals surface area contributed by atoms with E-state index in [0.29, 0.717) is 23.2 Å². The Labute approximate surface area is 127 Å². The van der Waals surface area contributed by atoms with Gasteiger partial charge in [0.25, 0.3) is 0 Å². The predicted molar refractivity (Wildman–Crippen MR) is 85.3 cm³/mol. The third-order valence-electron chi connectivity index (χ3n) is 3.11. The lowest BCUT2D eigenvalue weighted by atomic mass is 9.96. The van der Waals surface area contributed by atoms with Crippen LogP contribution in [0, 0.1) is 11.8 Å². The minimum atomic E-state index is -0.208. The summed E-state index contributed by atoms with van der Waals surface area (Å²) >= 11 is 7.69. The van der Waals surface area contributed by atoms with Crippen LogP contribution < -0.4 is 11.1 Å². The summed E-state index contributed by atoms with van der Waals surface area (Å²) in [5, 5.41) is 3.39. The van der Waals surface area contributed by atoms with Crippen molar-refractivity contribution in [1.82, 2.24) is 4.98 Å². The minimum absolute atomic E-state index is 0.0939. The number of nitrogens with one attached hydrogen (secondary N) is 1. The Balaban J connectivity index is 2.24. The molecular weight excluding hydrogens is 294 g/mol. The van der Waals surface area contributed by atoms with E-state index in [0.717, 1.165) is 16.6 Å². The predicted octanol–water partition coefficient (Wildman–Crippen LogP) is 3.51. The number of halogens is 1. The van der Waals surface area contributed by atoms with Crippen molar-refractivity contribution in [2.24, 2.45) is 17.6 Å². The number of anilines is 1. The molecule has 0 aliphatic carbocycles. The van der Waals surface area contributed by atoms with Crippen LogP contribution in [-0.2, 0) is 4.79 Å².